The minimum atomic E-state index is -0.499. The van der Waals surface area contributed by atoms with Crippen LogP contribution in [0.1, 0.15) is 19.4 Å². The number of allylic oxidation sites excluding steroid dienone is 7. The number of carbonyl (C=O) groups excluding carboxylic acids is 1. The molecule has 0 aliphatic carbocycles. The molecule has 138 valence electrons. The van der Waals surface area contributed by atoms with Crippen LogP contribution in [0.3, 0.4) is 0 Å². The summed E-state index contributed by atoms with van der Waals surface area (Å²) in [5, 5.41) is 10.1. The molecule has 0 aliphatic rings. The van der Waals surface area contributed by atoms with Gasteiger partial charge in [0.15, 0.2) is 5.78 Å². The van der Waals surface area contributed by atoms with Crippen LogP contribution in [0.25, 0.3) is 5.76 Å². The molecule has 1 rings (SSSR count). The van der Waals surface area contributed by atoms with Crippen molar-refractivity contribution in [3.05, 3.63) is 84.7 Å². The Morgan fingerprint density at radius 3 is 2.27 bits per heavy atom. The SMILES string of the molecule is C=CC(C)(C)C(=CC=CC=C(O)c1ccc(OC)cc1)C(=O)/C=C/OC. The topological polar surface area (TPSA) is 55.8 Å². The number of aliphatic hydroxyl groups excluding tert-OH is 1. The Bertz CT molecular complexity index is 732. The van der Waals surface area contributed by atoms with E-state index in [-0.39, 0.29) is 11.5 Å². The lowest BCUT2D eigenvalue weighted by Gasteiger charge is -2.21. The number of ketones is 1. The van der Waals surface area contributed by atoms with E-state index in [9.17, 15) is 9.90 Å². The van der Waals surface area contributed by atoms with Crippen molar-refractivity contribution in [3.8, 4) is 5.75 Å². The highest BCUT2D eigenvalue weighted by molar-refractivity contribution is 6.05. The van der Waals surface area contributed by atoms with Gasteiger partial charge in [0.1, 0.15) is 11.5 Å². The summed E-state index contributed by atoms with van der Waals surface area (Å²) in [5.41, 5.74) is 0.737. The van der Waals surface area contributed by atoms with Crippen LogP contribution in [0.2, 0.25) is 0 Å². The van der Waals surface area contributed by atoms with E-state index in [1.54, 1.807) is 61.8 Å². The van der Waals surface area contributed by atoms with E-state index < -0.39 is 5.41 Å². The third-order valence-corrected chi connectivity index (χ3v) is 3.84. The van der Waals surface area contributed by atoms with Gasteiger partial charge >= 0.3 is 0 Å². The van der Waals surface area contributed by atoms with E-state index in [4.69, 9.17) is 9.47 Å². The molecule has 4 nitrogen and oxygen atoms in total. The number of hydrogen-bond donors (Lipinski definition) is 1. The van der Waals surface area contributed by atoms with Crippen LogP contribution in [0.5, 0.6) is 5.75 Å². The van der Waals surface area contributed by atoms with Gasteiger partial charge in [0.05, 0.1) is 20.5 Å². The number of aliphatic hydroxyl groups is 1. The average molecular weight is 354 g/mol. The van der Waals surface area contributed by atoms with Crippen LogP contribution in [0.15, 0.2) is 79.1 Å². The van der Waals surface area contributed by atoms with E-state index in [2.05, 4.69) is 6.58 Å². The monoisotopic (exact) mass is 354 g/mol. The summed E-state index contributed by atoms with van der Waals surface area (Å²) in [7, 11) is 3.07. The average Bonchev–Trinajstić information content (AvgIpc) is 2.65. The smallest absolute Gasteiger partial charge is 0.185 e. The van der Waals surface area contributed by atoms with Gasteiger partial charge in [-0.3, -0.25) is 4.79 Å². The lowest BCUT2D eigenvalue weighted by atomic mass is 9.81. The summed E-state index contributed by atoms with van der Waals surface area (Å²) in [6, 6.07) is 7.07. The Morgan fingerprint density at radius 1 is 1.12 bits per heavy atom. The maximum atomic E-state index is 12.3. The molecule has 0 amide bonds. The van der Waals surface area contributed by atoms with Gasteiger partial charge in [0.2, 0.25) is 0 Å². The lowest BCUT2D eigenvalue weighted by Crippen LogP contribution is -2.17. The summed E-state index contributed by atoms with van der Waals surface area (Å²) in [5.74, 6) is 0.677. The third-order valence-electron chi connectivity index (χ3n) is 3.84. The van der Waals surface area contributed by atoms with Crippen molar-refractivity contribution in [2.75, 3.05) is 14.2 Å². The first kappa shape index (κ1) is 21.0. The van der Waals surface area contributed by atoms with Crippen molar-refractivity contribution in [2.24, 2.45) is 5.41 Å². The normalized spacial score (nSPS) is 13.2. The van der Waals surface area contributed by atoms with E-state index in [0.29, 0.717) is 11.1 Å². The quantitative estimate of drug-likeness (QED) is 0.293. The standard InChI is InChI=1S/C22H26O4/c1-6-22(2,3)19(21(24)15-16-25-4)9-7-8-10-20(23)17-11-13-18(26-5)14-12-17/h6-16,23H,1H2,2-5H3/b8-7?,16-15+,19-9?,20-10?. The van der Waals surface area contributed by atoms with Crippen molar-refractivity contribution >= 4 is 11.5 Å². The number of ether oxygens (including phenoxy) is 2. The summed E-state index contributed by atoms with van der Waals surface area (Å²) in [6.07, 6.45) is 11.1. The van der Waals surface area contributed by atoms with Gasteiger partial charge in [-0.2, -0.15) is 0 Å². The molecule has 1 aromatic rings. The number of carbonyl (C=O) groups is 1. The zero-order valence-corrected chi connectivity index (χ0v) is 15.7. The van der Waals surface area contributed by atoms with Crippen LogP contribution in [0.4, 0.5) is 0 Å². The maximum absolute atomic E-state index is 12.3. The Balaban J connectivity index is 3.01. The van der Waals surface area contributed by atoms with E-state index >= 15 is 0 Å². The molecule has 0 aromatic heterocycles. The van der Waals surface area contributed by atoms with Crippen molar-refractivity contribution in [1.29, 1.82) is 0 Å². The first-order valence-corrected chi connectivity index (χ1v) is 8.15. The Morgan fingerprint density at radius 2 is 1.73 bits per heavy atom. The highest BCUT2D eigenvalue weighted by atomic mass is 16.5. The summed E-state index contributed by atoms with van der Waals surface area (Å²) >= 11 is 0. The van der Waals surface area contributed by atoms with Gasteiger partial charge in [-0.05, 0) is 30.3 Å². The lowest BCUT2D eigenvalue weighted by molar-refractivity contribution is -0.112. The van der Waals surface area contributed by atoms with E-state index in [0.717, 1.165) is 5.75 Å². The highest BCUT2D eigenvalue weighted by Gasteiger charge is 2.23. The number of benzene rings is 1. The predicted octanol–water partition coefficient (Wildman–Crippen LogP) is 5.02. The molecule has 1 aromatic carbocycles. The second kappa shape index (κ2) is 10.1. The van der Waals surface area contributed by atoms with Crippen molar-refractivity contribution < 1.29 is 19.4 Å². The van der Waals surface area contributed by atoms with E-state index in [1.165, 1.54) is 19.4 Å². The van der Waals surface area contributed by atoms with Gasteiger partial charge in [-0.1, -0.05) is 38.2 Å². The molecule has 0 spiro atoms. The predicted molar refractivity (Wildman–Crippen MR) is 106 cm³/mol. The molecule has 0 atom stereocenters. The fraction of sp³-hybridized carbons (Fsp3) is 0.227. The molecule has 4 heteroatoms. The largest absolute Gasteiger partial charge is 0.507 e. The first-order chi connectivity index (χ1) is 12.4. The van der Waals surface area contributed by atoms with Crippen LogP contribution in [-0.2, 0) is 9.53 Å². The van der Waals surface area contributed by atoms with Gasteiger partial charge in [-0.15, -0.1) is 6.58 Å². The second-order valence-electron chi connectivity index (χ2n) is 6.07. The van der Waals surface area contributed by atoms with Crippen LogP contribution >= 0.6 is 0 Å². The molecule has 26 heavy (non-hydrogen) atoms. The minimum absolute atomic E-state index is 0.118. The van der Waals surface area contributed by atoms with Gasteiger partial charge in [0.25, 0.3) is 0 Å². The first-order valence-electron chi connectivity index (χ1n) is 8.15. The molecule has 0 saturated carbocycles. The minimum Gasteiger partial charge on any atom is -0.507 e. The molecule has 0 radical (unpaired) electrons. The van der Waals surface area contributed by atoms with Crippen LogP contribution < -0.4 is 4.74 Å². The molecular formula is C22H26O4. The Labute approximate surface area is 155 Å². The molecule has 0 aliphatic heterocycles. The van der Waals surface area contributed by atoms with Crippen LogP contribution in [0, 0.1) is 5.41 Å². The number of methoxy groups -OCH3 is 2. The van der Waals surface area contributed by atoms with E-state index in [1.807, 2.05) is 13.8 Å². The fourth-order valence-corrected chi connectivity index (χ4v) is 2.10. The summed E-state index contributed by atoms with van der Waals surface area (Å²) in [6.45, 7) is 7.60. The molecule has 0 unspecified atom stereocenters. The molecule has 0 bridgehead atoms. The maximum Gasteiger partial charge on any atom is 0.185 e. The molecule has 0 saturated heterocycles. The van der Waals surface area contributed by atoms with Gasteiger partial charge in [-0.25, -0.2) is 0 Å². The third kappa shape index (κ3) is 6.13. The Hall–Kier alpha value is -3.01. The molecule has 0 fully saturated rings. The summed E-state index contributed by atoms with van der Waals surface area (Å²) in [4.78, 5) is 12.3. The Kier molecular flexibility index (Phi) is 8.16. The van der Waals surface area contributed by atoms with Crippen LogP contribution in [-0.4, -0.2) is 25.1 Å². The molecule has 0 heterocycles. The zero-order chi connectivity index (χ0) is 19.6. The highest BCUT2D eigenvalue weighted by Crippen LogP contribution is 2.28. The van der Waals surface area contributed by atoms with Gasteiger partial charge in [0, 0.05) is 22.6 Å². The number of hydrogen-bond acceptors (Lipinski definition) is 4. The molecule has 1 N–H and O–H groups in total. The van der Waals surface area contributed by atoms with Gasteiger partial charge < -0.3 is 14.6 Å². The van der Waals surface area contributed by atoms with Crippen molar-refractivity contribution in [2.45, 2.75) is 13.8 Å². The summed E-state index contributed by atoms with van der Waals surface area (Å²) < 4.78 is 9.90. The zero-order valence-electron chi connectivity index (χ0n) is 15.7. The van der Waals surface area contributed by atoms with Crippen molar-refractivity contribution in [3.63, 3.8) is 0 Å². The molecular weight excluding hydrogens is 328 g/mol. The van der Waals surface area contributed by atoms with Crippen molar-refractivity contribution in [1.82, 2.24) is 0 Å². The fourth-order valence-electron chi connectivity index (χ4n) is 2.10. The second-order valence-corrected chi connectivity index (χ2v) is 6.07. The number of rotatable bonds is 9.